The number of tetrazole rings is 1. The highest BCUT2D eigenvalue weighted by atomic mass is 16.5. The lowest BCUT2D eigenvalue weighted by Gasteiger charge is -2.16. The Bertz CT molecular complexity index is 1360. The van der Waals surface area contributed by atoms with Crippen LogP contribution in [0.1, 0.15) is 15.9 Å². The van der Waals surface area contributed by atoms with Gasteiger partial charge in [0, 0.05) is 12.7 Å². The van der Waals surface area contributed by atoms with Crippen molar-refractivity contribution in [1.29, 1.82) is 0 Å². The molecule has 0 spiro atoms. The molecular weight excluding hydrogens is 438 g/mol. The molecule has 0 radical (unpaired) electrons. The highest BCUT2D eigenvalue weighted by Crippen LogP contribution is 2.20. The molecule has 0 saturated heterocycles. The molecule has 0 unspecified atom stereocenters. The summed E-state index contributed by atoms with van der Waals surface area (Å²) < 4.78 is 12.2. The van der Waals surface area contributed by atoms with Crippen LogP contribution in [0.25, 0.3) is 5.69 Å². The average Bonchev–Trinajstić information content (AvgIpc) is 3.27. The van der Waals surface area contributed by atoms with Gasteiger partial charge >= 0.3 is 17.7 Å². The maximum Gasteiger partial charge on any atom is 0.377 e. The zero-order valence-electron chi connectivity index (χ0n) is 18.5. The standard InChI is InChI=1S/C24H21N5O5/c1-27(19-14-12-18(13-15-19)22(30)34-16-17-8-4-3-5-9-17)23(31)29-24(32)28(25-26-29)20-10-6-7-11-21(20)33-2/h3-15H,16H2,1-2H3. The van der Waals surface area contributed by atoms with Gasteiger partial charge in [0.15, 0.2) is 0 Å². The lowest BCUT2D eigenvalue weighted by atomic mass is 10.2. The number of aromatic nitrogens is 4. The Morgan fingerprint density at radius 1 is 0.912 bits per heavy atom. The molecule has 1 heterocycles. The number of hydrogen-bond donors (Lipinski definition) is 0. The van der Waals surface area contributed by atoms with Gasteiger partial charge < -0.3 is 9.47 Å². The van der Waals surface area contributed by atoms with Crippen molar-refractivity contribution in [2.45, 2.75) is 6.61 Å². The van der Waals surface area contributed by atoms with Gasteiger partial charge in [-0.15, -0.1) is 4.68 Å². The quantitative estimate of drug-likeness (QED) is 0.322. The third-order valence-corrected chi connectivity index (χ3v) is 5.07. The summed E-state index contributed by atoms with van der Waals surface area (Å²) in [6, 6.07) is 21.6. The van der Waals surface area contributed by atoms with Crippen molar-refractivity contribution in [3.8, 4) is 11.4 Å². The van der Waals surface area contributed by atoms with Crippen LogP contribution in [0.15, 0.2) is 83.7 Å². The van der Waals surface area contributed by atoms with Gasteiger partial charge in [-0.2, -0.15) is 4.68 Å². The van der Waals surface area contributed by atoms with Crippen LogP contribution >= 0.6 is 0 Å². The lowest BCUT2D eigenvalue weighted by Crippen LogP contribution is -2.39. The Hall–Kier alpha value is -4.73. The number of methoxy groups -OCH3 is 1. The van der Waals surface area contributed by atoms with Crippen LogP contribution in [-0.2, 0) is 11.3 Å². The minimum atomic E-state index is -0.748. The van der Waals surface area contributed by atoms with Crippen molar-refractivity contribution in [2.24, 2.45) is 0 Å². The van der Waals surface area contributed by atoms with E-state index in [1.807, 2.05) is 30.3 Å². The second kappa shape index (κ2) is 9.82. The van der Waals surface area contributed by atoms with Crippen LogP contribution in [0.2, 0.25) is 0 Å². The van der Waals surface area contributed by atoms with Gasteiger partial charge in [0.1, 0.15) is 18.0 Å². The van der Waals surface area contributed by atoms with Gasteiger partial charge in [0.25, 0.3) is 0 Å². The summed E-state index contributed by atoms with van der Waals surface area (Å²) in [6.07, 6.45) is 0. The van der Waals surface area contributed by atoms with Crippen molar-refractivity contribution in [3.05, 3.63) is 100 Å². The third-order valence-electron chi connectivity index (χ3n) is 5.07. The van der Waals surface area contributed by atoms with E-state index in [0.717, 1.165) is 10.2 Å². The summed E-state index contributed by atoms with van der Waals surface area (Å²) >= 11 is 0. The van der Waals surface area contributed by atoms with Crippen LogP contribution in [0.5, 0.6) is 5.75 Å². The first-order chi connectivity index (χ1) is 16.5. The number of para-hydroxylation sites is 2. The molecule has 0 atom stereocenters. The minimum Gasteiger partial charge on any atom is -0.494 e. The monoisotopic (exact) mass is 459 g/mol. The van der Waals surface area contributed by atoms with Gasteiger partial charge in [-0.1, -0.05) is 42.5 Å². The SMILES string of the molecule is COc1ccccc1-n1nnn(C(=O)N(C)c2ccc(C(=O)OCc3ccccc3)cc2)c1=O. The zero-order chi connectivity index (χ0) is 24.1. The Kier molecular flexibility index (Phi) is 6.49. The second-order valence-electron chi connectivity index (χ2n) is 7.21. The molecule has 0 saturated carbocycles. The summed E-state index contributed by atoms with van der Waals surface area (Å²) in [5.74, 6) is -0.0763. The Labute approximate surface area is 194 Å². The normalized spacial score (nSPS) is 10.5. The molecular formula is C24H21N5O5. The number of carbonyl (C=O) groups is 2. The number of benzene rings is 3. The summed E-state index contributed by atoms with van der Waals surface area (Å²) in [4.78, 5) is 39.2. The van der Waals surface area contributed by atoms with E-state index in [1.165, 1.54) is 19.1 Å². The van der Waals surface area contributed by atoms with Gasteiger partial charge in [-0.3, -0.25) is 4.90 Å². The van der Waals surface area contributed by atoms with Gasteiger partial charge in [0.2, 0.25) is 0 Å². The first kappa shape index (κ1) is 22.5. The molecule has 0 fully saturated rings. The second-order valence-corrected chi connectivity index (χ2v) is 7.21. The van der Waals surface area contributed by atoms with Crippen LogP contribution in [0, 0.1) is 0 Å². The Morgan fingerprint density at radius 3 is 2.29 bits per heavy atom. The molecule has 4 aromatic rings. The van der Waals surface area contributed by atoms with Crippen molar-refractivity contribution < 1.29 is 19.1 Å². The van der Waals surface area contributed by atoms with Crippen LogP contribution < -0.4 is 15.3 Å². The number of esters is 1. The number of anilines is 1. The molecule has 0 aliphatic heterocycles. The van der Waals surface area contributed by atoms with Crippen LogP contribution in [-0.4, -0.2) is 45.9 Å². The lowest BCUT2D eigenvalue weighted by molar-refractivity contribution is 0.0472. The molecule has 0 N–H and O–H groups in total. The number of carbonyl (C=O) groups excluding carboxylic acids is 2. The fraction of sp³-hybridized carbons (Fsp3) is 0.125. The molecule has 172 valence electrons. The largest absolute Gasteiger partial charge is 0.494 e. The highest BCUT2D eigenvalue weighted by Gasteiger charge is 2.21. The number of ether oxygens (including phenoxy) is 2. The number of rotatable bonds is 6. The predicted octanol–water partition coefficient (Wildman–Crippen LogP) is 2.90. The zero-order valence-corrected chi connectivity index (χ0v) is 18.5. The molecule has 10 heteroatoms. The number of nitrogens with zero attached hydrogens (tertiary/aromatic N) is 5. The van der Waals surface area contributed by atoms with Gasteiger partial charge in [-0.05, 0) is 52.4 Å². The van der Waals surface area contributed by atoms with Gasteiger partial charge in [-0.25, -0.2) is 14.4 Å². The molecule has 10 nitrogen and oxygen atoms in total. The smallest absolute Gasteiger partial charge is 0.377 e. The van der Waals surface area contributed by atoms with E-state index >= 15 is 0 Å². The van der Waals surface area contributed by atoms with E-state index in [1.54, 1.807) is 48.5 Å². The van der Waals surface area contributed by atoms with E-state index in [4.69, 9.17) is 9.47 Å². The minimum absolute atomic E-state index is 0.157. The van der Waals surface area contributed by atoms with Crippen LogP contribution in [0.4, 0.5) is 10.5 Å². The summed E-state index contributed by atoms with van der Waals surface area (Å²) in [6.45, 7) is 0.157. The molecule has 3 aromatic carbocycles. The first-order valence-corrected chi connectivity index (χ1v) is 10.3. The molecule has 0 aliphatic rings. The highest BCUT2D eigenvalue weighted by molar-refractivity contribution is 5.94. The average molecular weight is 459 g/mol. The van der Waals surface area contributed by atoms with Crippen molar-refractivity contribution in [3.63, 3.8) is 0 Å². The van der Waals surface area contributed by atoms with Gasteiger partial charge in [0.05, 0.1) is 12.7 Å². The predicted molar refractivity (Wildman–Crippen MR) is 123 cm³/mol. The fourth-order valence-corrected chi connectivity index (χ4v) is 3.20. The first-order valence-electron chi connectivity index (χ1n) is 10.3. The molecule has 0 aliphatic carbocycles. The number of amides is 1. The van der Waals surface area contributed by atoms with Crippen molar-refractivity contribution in [2.75, 3.05) is 19.1 Å². The topological polar surface area (TPSA) is 109 Å². The molecule has 1 amide bonds. The van der Waals surface area contributed by atoms with Crippen LogP contribution in [0.3, 0.4) is 0 Å². The molecule has 0 bridgehead atoms. The summed E-state index contributed by atoms with van der Waals surface area (Å²) in [7, 11) is 2.95. The van der Waals surface area contributed by atoms with Crippen molar-refractivity contribution >= 4 is 17.7 Å². The summed E-state index contributed by atoms with van der Waals surface area (Å²) in [5, 5.41) is 7.51. The number of hydrogen-bond acceptors (Lipinski definition) is 7. The Morgan fingerprint density at radius 2 is 1.59 bits per heavy atom. The maximum atomic E-state index is 12.9. The van der Waals surface area contributed by atoms with Crippen molar-refractivity contribution in [1.82, 2.24) is 19.8 Å². The summed E-state index contributed by atoms with van der Waals surface area (Å²) in [5.41, 5.74) is 1.27. The maximum absolute atomic E-state index is 12.9. The van der Waals surface area contributed by atoms with E-state index in [9.17, 15) is 14.4 Å². The molecule has 34 heavy (non-hydrogen) atoms. The molecule has 4 rings (SSSR count). The van der Waals surface area contributed by atoms with E-state index < -0.39 is 17.7 Å². The third kappa shape index (κ3) is 4.56. The van der Waals surface area contributed by atoms with E-state index in [-0.39, 0.29) is 6.61 Å². The fourth-order valence-electron chi connectivity index (χ4n) is 3.20. The molecule has 1 aromatic heterocycles. The van der Waals surface area contributed by atoms with E-state index in [0.29, 0.717) is 27.4 Å². The Balaban J connectivity index is 1.47. The van der Waals surface area contributed by atoms with E-state index in [2.05, 4.69) is 10.4 Å².